The third-order valence-electron chi connectivity index (χ3n) is 22.3. The lowest BCUT2D eigenvalue weighted by Gasteiger charge is -2.26. The number of likely N-dealkylation sites (tertiary alicyclic amines) is 2. The summed E-state index contributed by atoms with van der Waals surface area (Å²) in [5.74, 6) is -2.99. The Kier molecular flexibility index (Phi) is 32.8. The lowest BCUT2D eigenvalue weighted by molar-refractivity contribution is -0.384. The van der Waals surface area contributed by atoms with Gasteiger partial charge in [-0.2, -0.15) is 5.11 Å². The van der Waals surface area contributed by atoms with Crippen LogP contribution < -0.4 is 30.6 Å². The van der Waals surface area contributed by atoms with E-state index in [4.69, 9.17) is 70.3 Å². The third kappa shape index (κ3) is 25.3. The van der Waals surface area contributed by atoms with Crippen molar-refractivity contribution in [3.63, 3.8) is 0 Å². The molecule has 3 fully saturated rings. The number of carboxylic acid groups (broad SMARTS) is 1. The van der Waals surface area contributed by atoms with Crippen LogP contribution in [0.1, 0.15) is 124 Å². The highest BCUT2D eigenvalue weighted by Gasteiger charge is 2.46. The van der Waals surface area contributed by atoms with E-state index in [0.717, 1.165) is 40.7 Å². The van der Waals surface area contributed by atoms with Crippen LogP contribution in [0.3, 0.4) is 0 Å². The summed E-state index contributed by atoms with van der Waals surface area (Å²) in [6.45, 7) is -1.40. The van der Waals surface area contributed by atoms with Crippen molar-refractivity contribution in [2.45, 2.75) is 126 Å². The number of aliphatic hydroxyl groups is 2. The number of hydrogen-bond donors (Lipinski definition) is 10. The molecule has 13 rings (SSSR count). The molecule has 10 unspecified atom stereocenters. The van der Waals surface area contributed by atoms with Crippen LogP contribution in [0.25, 0.3) is 44.3 Å². The summed E-state index contributed by atoms with van der Waals surface area (Å²) >= 11 is 6.15. The van der Waals surface area contributed by atoms with E-state index in [1.807, 2.05) is 24.1 Å². The number of amides is 5. The molecule has 3 saturated heterocycles. The van der Waals surface area contributed by atoms with Crippen LogP contribution in [0.4, 0.5) is 28.4 Å². The number of nitro groups is 1. The molecule has 0 saturated carbocycles. The topological polar surface area (TPSA) is 529 Å². The fourth-order valence-corrected chi connectivity index (χ4v) is 19.0. The first-order valence-electron chi connectivity index (χ1n) is 42.1. The predicted octanol–water partition coefficient (Wildman–Crippen LogP) is 11.8. The number of phosphoric ester groups is 3. The quantitative estimate of drug-likeness (QED) is 0.00322. The van der Waals surface area contributed by atoms with E-state index >= 15 is 0 Å². The molecule has 10 atom stereocenters. The standard InChI is InChI=1S/C86H97BClN10O29P3/c1-94(55-16-14-54(15-17-55)92-93-72-26-18-56(98(110)111)42-70(72)88)32-8-10-81(104)96-47-62(40-57(96)49-100)126-130(116,117)127-77-46-79(87)124-78(77)51-122-128(112,113)121-50-58-41-63(125-129(114,115)120-35-7-2-4-9-80(103)95-33-29-64-68-45-73(91-71(68)27-28-74(64)95)84(106)89-30-5-3-6-34-99)48-97(58)85(107)52-11-21-61(22-12-52)119-38-37-118-36-31-90-83(105)53-13-23-65(86(108)109)69(39-53)82-66-24-19-59(101)43-75(66)123-76-44-60(102)20-25-67(76)82/h11-28,39,42-45,57-58,62-63,77-79,91,99-101H,2-10,29-38,40-41,46-51H2,1H3,(H,89,106)(H,90,105)(H,108,109)(H,112,113)(H,114,115)(H,116,117). The molecule has 44 heteroatoms. The Hall–Kier alpha value is -10.7. The first-order chi connectivity index (χ1) is 62.3. The molecule has 5 amide bonds. The number of phenols is 1. The number of non-ortho nitro benzene ring substituents is 1. The number of anilines is 2. The number of nitrogens with zero attached hydrogens (tertiary/aromatic N) is 7. The second kappa shape index (κ2) is 44.0. The number of nitrogens with one attached hydrogen (secondary N) is 3. The molecule has 6 aromatic carbocycles. The first kappa shape index (κ1) is 96.8. The van der Waals surface area contributed by atoms with Gasteiger partial charge in [0.05, 0.1) is 91.2 Å². The van der Waals surface area contributed by atoms with Gasteiger partial charge in [0.15, 0.2) is 5.43 Å². The zero-order valence-corrected chi connectivity index (χ0v) is 73.9. The van der Waals surface area contributed by atoms with E-state index < -0.39 is 108 Å². The van der Waals surface area contributed by atoms with Crippen LogP contribution in [-0.2, 0) is 66.3 Å². The van der Waals surface area contributed by atoms with Gasteiger partial charge < -0.3 is 89.0 Å². The van der Waals surface area contributed by atoms with Gasteiger partial charge in [-0.1, -0.05) is 18.0 Å². The number of aliphatic hydroxyl groups excluding tert-OH is 2. The Morgan fingerprint density at radius 1 is 0.685 bits per heavy atom. The summed E-state index contributed by atoms with van der Waals surface area (Å²) in [4.78, 5) is 146. The molecule has 10 N–H and O–H groups in total. The monoisotopic (exact) mass is 1870 g/mol. The van der Waals surface area contributed by atoms with Crippen LogP contribution in [-0.4, -0.2) is 240 Å². The normalized spacial score (nSPS) is 19.3. The fourth-order valence-electron chi connectivity index (χ4n) is 15.9. The predicted molar refractivity (Wildman–Crippen MR) is 473 cm³/mol. The second-order valence-electron chi connectivity index (χ2n) is 31.5. The number of aromatic carboxylic acids is 1. The van der Waals surface area contributed by atoms with Gasteiger partial charge in [0.1, 0.15) is 54.8 Å². The van der Waals surface area contributed by atoms with Gasteiger partial charge in [0, 0.05) is 146 Å². The van der Waals surface area contributed by atoms with Crippen LogP contribution in [0, 0.1) is 10.1 Å². The molecular weight excluding hydrogens is 1780 g/mol. The molecule has 6 aliphatic rings. The highest BCUT2D eigenvalue weighted by molar-refractivity contribution is 7.48. The number of aromatic hydroxyl groups is 1. The number of phenolic OH excluding ortho intramolecular Hbond substituents is 1. The molecule has 2 radical (unpaired) electrons. The van der Waals surface area contributed by atoms with Crippen molar-refractivity contribution in [1.29, 1.82) is 0 Å². The van der Waals surface area contributed by atoms with Crippen molar-refractivity contribution >= 4 is 129 Å². The zero-order valence-electron chi connectivity index (χ0n) is 70.5. The number of unbranched alkanes of at least 4 members (excludes halogenated alkanes) is 4. The van der Waals surface area contributed by atoms with Crippen molar-refractivity contribution in [1.82, 2.24) is 25.4 Å². The highest BCUT2D eigenvalue weighted by Crippen LogP contribution is 2.53. The van der Waals surface area contributed by atoms with Crippen molar-refractivity contribution in [2.75, 3.05) is 109 Å². The number of nitro benzene ring substituents is 1. The smallest absolute Gasteiger partial charge is 0.472 e. The van der Waals surface area contributed by atoms with Crippen LogP contribution in [0.5, 0.6) is 11.5 Å². The van der Waals surface area contributed by atoms with E-state index in [2.05, 4.69) is 25.8 Å². The van der Waals surface area contributed by atoms with E-state index in [1.54, 1.807) is 35.2 Å². The van der Waals surface area contributed by atoms with Gasteiger partial charge in [0.2, 0.25) is 11.8 Å². The molecule has 1 aromatic heterocycles. The molecule has 690 valence electrons. The molecule has 0 spiro atoms. The van der Waals surface area contributed by atoms with E-state index in [0.29, 0.717) is 85.4 Å². The summed E-state index contributed by atoms with van der Waals surface area (Å²) in [5, 5.41) is 66.2. The number of rotatable bonds is 45. The average Bonchev–Trinajstić information content (AvgIpc) is 1.02. The molecular formula is C86H97BClN10O29P3. The van der Waals surface area contributed by atoms with Gasteiger partial charge in [-0.05, 0) is 191 Å². The number of ether oxygens (including phenoxy) is 3. The molecule has 0 bridgehead atoms. The molecule has 130 heavy (non-hydrogen) atoms. The Balaban J connectivity index is 0.582. The number of phosphoric acid groups is 3. The summed E-state index contributed by atoms with van der Waals surface area (Å²) in [5.41, 5.74) is 4.85. The van der Waals surface area contributed by atoms with Crippen LogP contribution in [0.15, 0.2) is 159 Å². The third-order valence-corrected chi connectivity index (χ3v) is 25.8. The molecule has 39 nitrogen and oxygen atoms in total. The van der Waals surface area contributed by atoms with Gasteiger partial charge in [-0.15, -0.1) is 5.11 Å². The Morgan fingerprint density at radius 3 is 2.17 bits per heavy atom. The Bertz CT molecular complexity index is 5820. The first-order valence-corrected chi connectivity index (χ1v) is 46.9. The Labute approximate surface area is 750 Å². The van der Waals surface area contributed by atoms with Gasteiger partial charge in [-0.3, -0.25) is 66.0 Å². The fraction of sp³-hybridized carbons (Fsp3) is 0.407. The summed E-state index contributed by atoms with van der Waals surface area (Å²) in [7, 11) is -7.23. The van der Waals surface area contributed by atoms with Gasteiger partial charge >= 0.3 is 29.4 Å². The molecule has 6 heterocycles. The minimum Gasteiger partial charge on any atom is -0.508 e. The number of H-pyrrole nitrogens is 1. The maximum Gasteiger partial charge on any atom is 0.472 e. The molecule has 7 aromatic rings. The summed E-state index contributed by atoms with van der Waals surface area (Å²) < 4.78 is 97.4. The molecule has 5 aliphatic heterocycles. The lowest BCUT2D eigenvalue weighted by atomic mass is 9.89. The maximum atomic E-state index is 14.5. The number of carbonyl (C=O) groups excluding carboxylic acids is 5. The SMILES string of the molecule is [B]C1CC(OP(=O)(O)OC2CC(CO)N(C(=O)CCCN(C)c3ccc(N=Nc4ccc([N+](=O)[O-])cc4Cl)cc3)C2)C(COP(=O)(O)OCC2CC(OP(=O)(O)OCCCCCC(=O)N3CCc4c3ccc3[nH]c(C(=O)NCCCCCO)cc43)CN2C(=O)c2ccc(OCCOCCNC(=O)c3ccc(C(=O)O)c(-c4c5ccc(=O)cc-5oc5cc(O)ccc45)c3)cc2)O1. The van der Waals surface area contributed by atoms with Crippen molar-refractivity contribution in [3.05, 3.63) is 193 Å². The molecule has 1 aliphatic carbocycles. The number of fused-ring (bicyclic) bond motifs is 5. The van der Waals surface area contributed by atoms with Crippen molar-refractivity contribution in [3.8, 4) is 33.9 Å². The van der Waals surface area contributed by atoms with E-state index in [9.17, 15) is 87.4 Å². The lowest BCUT2D eigenvalue weighted by Crippen LogP contribution is -2.38. The van der Waals surface area contributed by atoms with Crippen molar-refractivity contribution in [2.24, 2.45) is 10.2 Å². The minimum atomic E-state index is -5.18. The van der Waals surface area contributed by atoms with E-state index in [1.165, 1.54) is 107 Å². The average molecular weight is 1870 g/mol. The van der Waals surface area contributed by atoms with Crippen LogP contribution >= 0.6 is 35.1 Å². The summed E-state index contributed by atoms with van der Waals surface area (Å²) in [6.07, 6.45) is -1.27. The van der Waals surface area contributed by atoms with Gasteiger partial charge in [0.25, 0.3) is 23.4 Å². The number of azo groups is 1. The highest BCUT2D eigenvalue weighted by atomic mass is 35.5. The zero-order chi connectivity index (χ0) is 92.6. The maximum absolute atomic E-state index is 14.5. The number of benzene rings is 7. The van der Waals surface area contributed by atoms with Crippen LogP contribution in [0.2, 0.25) is 5.02 Å². The second-order valence-corrected chi connectivity index (χ2v) is 36.1. The number of carboxylic acids is 1. The van der Waals surface area contributed by atoms with Crippen molar-refractivity contribution < 1.29 is 128 Å². The number of aromatic nitrogens is 1. The van der Waals surface area contributed by atoms with E-state index in [-0.39, 0.29) is 170 Å². The van der Waals surface area contributed by atoms with Gasteiger partial charge in [-0.25, -0.2) is 18.5 Å². The summed E-state index contributed by atoms with van der Waals surface area (Å²) in [6, 6.07) is 31.4. The Morgan fingerprint density at radius 2 is 1.42 bits per heavy atom. The number of aromatic amines is 1. The number of carbonyl (C=O) groups is 6. The number of halogens is 1. The minimum absolute atomic E-state index is 0.00205. The largest absolute Gasteiger partial charge is 0.508 e. The number of hydrogen-bond acceptors (Lipinski definition) is 28.